The third-order valence-corrected chi connectivity index (χ3v) is 2.61. The van der Waals surface area contributed by atoms with Gasteiger partial charge in [-0.25, -0.2) is 0 Å². The van der Waals surface area contributed by atoms with Crippen LogP contribution >= 0.6 is 0 Å². The zero-order chi connectivity index (χ0) is 11.7. The molecule has 2 aromatic rings. The van der Waals surface area contributed by atoms with E-state index < -0.39 is 5.97 Å². The Kier molecular flexibility index (Phi) is 2.60. The molecule has 16 heavy (non-hydrogen) atoms. The first kappa shape index (κ1) is 10.6. The van der Waals surface area contributed by atoms with Crippen LogP contribution in [0.15, 0.2) is 18.2 Å². The van der Waals surface area contributed by atoms with Crippen LogP contribution in [0.5, 0.6) is 0 Å². The molecule has 1 unspecified atom stereocenters. The first-order chi connectivity index (χ1) is 7.59. The number of aliphatic carboxylic acids is 1. The normalized spacial score (nSPS) is 12.9. The van der Waals surface area contributed by atoms with E-state index in [0.717, 1.165) is 17.2 Å². The fourth-order valence-electron chi connectivity index (χ4n) is 1.86. The summed E-state index contributed by atoms with van der Waals surface area (Å²) in [4.78, 5) is 10.7. The maximum Gasteiger partial charge on any atom is 0.304 e. The summed E-state index contributed by atoms with van der Waals surface area (Å²) in [7, 11) is 0. The second kappa shape index (κ2) is 3.92. The Hall–Kier alpha value is -1.91. The number of fused-ring (bicyclic) bond motifs is 1. The second-order valence-electron chi connectivity index (χ2n) is 3.89. The van der Waals surface area contributed by atoms with Gasteiger partial charge in [-0.2, -0.15) is 0 Å². The number of hydrogen-bond acceptors (Lipinski definition) is 3. The summed E-state index contributed by atoms with van der Waals surface area (Å²) < 4.78 is 1.90. The molecule has 5 heteroatoms. The maximum atomic E-state index is 10.7. The van der Waals surface area contributed by atoms with Gasteiger partial charge in [0.25, 0.3) is 0 Å². The second-order valence-corrected chi connectivity index (χ2v) is 3.89. The van der Waals surface area contributed by atoms with Crippen molar-refractivity contribution in [2.45, 2.75) is 26.2 Å². The molecule has 0 fully saturated rings. The molecule has 0 saturated carbocycles. The fraction of sp³-hybridized carbons (Fsp3) is 0.364. The molecule has 1 N–H and O–H groups in total. The van der Waals surface area contributed by atoms with Gasteiger partial charge in [-0.1, -0.05) is 13.0 Å². The standard InChI is InChI=1S/C11H13N3O2/c1-7(6-11(15)16)9-4-3-5-10-13-12-8(2)14(9)10/h3-5,7H,6H2,1-2H3,(H,15,16). The number of rotatable bonds is 3. The van der Waals surface area contributed by atoms with E-state index in [0.29, 0.717) is 0 Å². The number of aromatic nitrogens is 3. The van der Waals surface area contributed by atoms with Crippen molar-refractivity contribution in [1.29, 1.82) is 0 Å². The molecular formula is C11H13N3O2. The quantitative estimate of drug-likeness (QED) is 0.851. The number of nitrogens with zero attached hydrogens (tertiary/aromatic N) is 3. The molecule has 2 aromatic heterocycles. The summed E-state index contributed by atoms with van der Waals surface area (Å²) in [5.74, 6) is -0.0750. The van der Waals surface area contributed by atoms with Crippen molar-refractivity contribution in [1.82, 2.24) is 14.6 Å². The molecule has 0 spiro atoms. The van der Waals surface area contributed by atoms with Crippen LogP contribution in [0.1, 0.15) is 30.8 Å². The van der Waals surface area contributed by atoms with Crippen LogP contribution in [-0.4, -0.2) is 25.7 Å². The fourth-order valence-corrected chi connectivity index (χ4v) is 1.86. The molecule has 1 atom stereocenters. The first-order valence-corrected chi connectivity index (χ1v) is 5.12. The summed E-state index contributed by atoms with van der Waals surface area (Å²) in [6.07, 6.45) is 0.108. The molecule has 0 aliphatic rings. The highest BCUT2D eigenvalue weighted by molar-refractivity contribution is 5.67. The largest absolute Gasteiger partial charge is 0.481 e. The van der Waals surface area contributed by atoms with Gasteiger partial charge in [0, 0.05) is 11.6 Å². The summed E-state index contributed by atoms with van der Waals surface area (Å²) in [5, 5.41) is 16.8. The molecule has 0 saturated heterocycles. The van der Waals surface area contributed by atoms with E-state index in [4.69, 9.17) is 5.11 Å². The third kappa shape index (κ3) is 1.76. The van der Waals surface area contributed by atoms with Crippen molar-refractivity contribution in [2.24, 2.45) is 0 Å². The Morgan fingerprint density at radius 2 is 2.25 bits per heavy atom. The van der Waals surface area contributed by atoms with Crippen LogP contribution in [0.3, 0.4) is 0 Å². The highest BCUT2D eigenvalue weighted by atomic mass is 16.4. The molecule has 0 amide bonds. The highest BCUT2D eigenvalue weighted by Gasteiger charge is 2.14. The summed E-state index contributed by atoms with van der Waals surface area (Å²) >= 11 is 0. The average molecular weight is 219 g/mol. The van der Waals surface area contributed by atoms with Crippen LogP contribution in [0.25, 0.3) is 5.65 Å². The van der Waals surface area contributed by atoms with Crippen LogP contribution in [0.4, 0.5) is 0 Å². The molecule has 0 aliphatic carbocycles. The molecule has 0 bridgehead atoms. The van der Waals surface area contributed by atoms with Gasteiger partial charge in [0.05, 0.1) is 6.42 Å². The average Bonchev–Trinajstić information content (AvgIpc) is 2.59. The molecule has 2 heterocycles. The predicted molar refractivity (Wildman–Crippen MR) is 58.4 cm³/mol. The SMILES string of the molecule is Cc1nnc2cccc(C(C)CC(=O)O)n12. The number of carboxylic acids is 1. The summed E-state index contributed by atoms with van der Waals surface area (Å²) in [6.45, 7) is 3.75. The Labute approximate surface area is 92.7 Å². The molecular weight excluding hydrogens is 206 g/mol. The van der Waals surface area contributed by atoms with Crippen molar-refractivity contribution >= 4 is 11.6 Å². The van der Waals surface area contributed by atoms with Crippen LogP contribution in [0, 0.1) is 6.92 Å². The molecule has 0 aromatic carbocycles. The summed E-state index contributed by atoms with van der Waals surface area (Å²) in [5.41, 5.74) is 1.69. The van der Waals surface area contributed by atoms with Gasteiger partial charge >= 0.3 is 5.97 Å². The Morgan fingerprint density at radius 3 is 2.94 bits per heavy atom. The molecule has 0 aliphatic heterocycles. The van der Waals surface area contributed by atoms with Crippen molar-refractivity contribution in [3.05, 3.63) is 29.7 Å². The molecule has 2 rings (SSSR count). The Bertz CT molecular complexity index is 533. The van der Waals surface area contributed by atoms with Crippen molar-refractivity contribution in [3.63, 3.8) is 0 Å². The van der Waals surface area contributed by atoms with Crippen molar-refractivity contribution in [2.75, 3.05) is 0 Å². The zero-order valence-corrected chi connectivity index (χ0v) is 9.21. The van der Waals surface area contributed by atoms with Gasteiger partial charge in [-0.3, -0.25) is 9.20 Å². The molecule has 0 radical (unpaired) electrons. The Morgan fingerprint density at radius 1 is 1.50 bits per heavy atom. The van der Waals surface area contributed by atoms with E-state index in [1.165, 1.54) is 0 Å². The van der Waals surface area contributed by atoms with E-state index in [-0.39, 0.29) is 12.3 Å². The van der Waals surface area contributed by atoms with Crippen LogP contribution in [-0.2, 0) is 4.79 Å². The minimum Gasteiger partial charge on any atom is -0.481 e. The number of carboxylic acid groups (broad SMARTS) is 1. The minimum absolute atomic E-state index is 0.0594. The number of pyridine rings is 1. The lowest BCUT2D eigenvalue weighted by Crippen LogP contribution is -2.08. The van der Waals surface area contributed by atoms with Crippen molar-refractivity contribution < 1.29 is 9.90 Å². The van der Waals surface area contributed by atoms with E-state index >= 15 is 0 Å². The minimum atomic E-state index is -0.796. The molecule has 5 nitrogen and oxygen atoms in total. The van der Waals surface area contributed by atoms with Gasteiger partial charge < -0.3 is 5.11 Å². The van der Waals surface area contributed by atoms with Gasteiger partial charge in [-0.05, 0) is 19.1 Å². The first-order valence-electron chi connectivity index (χ1n) is 5.12. The lowest BCUT2D eigenvalue weighted by atomic mass is 10.0. The van der Waals surface area contributed by atoms with Gasteiger partial charge in [0.15, 0.2) is 5.65 Å². The highest BCUT2D eigenvalue weighted by Crippen LogP contribution is 2.20. The smallest absolute Gasteiger partial charge is 0.304 e. The van der Waals surface area contributed by atoms with Gasteiger partial charge in [0.2, 0.25) is 0 Å². The number of aryl methyl sites for hydroxylation is 1. The zero-order valence-electron chi connectivity index (χ0n) is 9.21. The lowest BCUT2D eigenvalue weighted by molar-refractivity contribution is -0.137. The van der Waals surface area contributed by atoms with Crippen LogP contribution < -0.4 is 0 Å². The lowest BCUT2D eigenvalue weighted by Gasteiger charge is -2.12. The van der Waals surface area contributed by atoms with E-state index in [2.05, 4.69) is 10.2 Å². The Balaban J connectivity index is 2.50. The van der Waals surface area contributed by atoms with E-state index in [1.54, 1.807) is 0 Å². The van der Waals surface area contributed by atoms with Gasteiger partial charge in [0.1, 0.15) is 5.82 Å². The predicted octanol–water partition coefficient (Wildman–Crippen LogP) is 1.62. The maximum absolute atomic E-state index is 10.7. The monoisotopic (exact) mass is 219 g/mol. The van der Waals surface area contributed by atoms with E-state index in [1.807, 2.05) is 36.4 Å². The number of hydrogen-bond donors (Lipinski definition) is 1. The van der Waals surface area contributed by atoms with Crippen LogP contribution in [0.2, 0.25) is 0 Å². The number of carbonyl (C=O) groups is 1. The topological polar surface area (TPSA) is 67.5 Å². The van der Waals surface area contributed by atoms with Gasteiger partial charge in [-0.15, -0.1) is 10.2 Å². The molecule has 84 valence electrons. The van der Waals surface area contributed by atoms with Crippen molar-refractivity contribution in [3.8, 4) is 0 Å². The summed E-state index contributed by atoms with van der Waals surface area (Å²) in [6, 6.07) is 5.64. The van der Waals surface area contributed by atoms with E-state index in [9.17, 15) is 4.79 Å². The third-order valence-electron chi connectivity index (χ3n) is 2.61.